The standard InChI is InChI=1S/C16H19NO2S/c1-12-6-8-15(9-7-12)20(18,19)16(11-17)14-5-3-4-13(2)10-14/h3-10,16H,11,17H2,1-2H3/p+1/t16-/m0/s1. The van der Waals surface area contributed by atoms with E-state index in [9.17, 15) is 8.42 Å². The molecule has 106 valence electrons. The van der Waals surface area contributed by atoms with E-state index in [1.165, 1.54) is 0 Å². The van der Waals surface area contributed by atoms with Gasteiger partial charge in [-0.1, -0.05) is 47.5 Å². The molecule has 3 nitrogen and oxygen atoms in total. The number of hydrogen-bond acceptors (Lipinski definition) is 2. The lowest BCUT2D eigenvalue weighted by Crippen LogP contribution is -2.54. The van der Waals surface area contributed by atoms with E-state index in [1.54, 1.807) is 12.1 Å². The van der Waals surface area contributed by atoms with E-state index < -0.39 is 15.1 Å². The van der Waals surface area contributed by atoms with Crippen molar-refractivity contribution >= 4 is 9.84 Å². The molecule has 0 saturated heterocycles. The minimum Gasteiger partial charge on any atom is -0.356 e. The predicted octanol–water partition coefficient (Wildman–Crippen LogP) is 2.06. The number of aryl methyl sites for hydroxylation is 2. The summed E-state index contributed by atoms with van der Waals surface area (Å²) in [5.41, 5.74) is 6.73. The second-order valence-electron chi connectivity index (χ2n) is 5.05. The number of rotatable bonds is 4. The maximum atomic E-state index is 12.7. The van der Waals surface area contributed by atoms with Crippen LogP contribution in [0.1, 0.15) is 21.9 Å². The monoisotopic (exact) mass is 290 g/mol. The van der Waals surface area contributed by atoms with Crippen molar-refractivity contribution in [2.75, 3.05) is 6.54 Å². The highest BCUT2D eigenvalue weighted by atomic mass is 32.2. The number of sulfone groups is 1. The first-order valence-corrected chi connectivity index (χ1v) is 8.16. The van der Waals surface area contributed by atoms with Crippen LogP contribution in [-0.4, -0.2) is 15.0 Å². The Morgan fingerprint density at radius 2 is 1.65 bits per heavy atom. The molecular weight excluding hydrogens is 270 g/mol. The summed E-state index contributed by atoms with van der Waals surface area (Å²) in [5.74, 6) is 0. The average molecular weight is 290 g/mol. The van der Waals surface area contributed by atoms with Gasteiger partial charge in [0.25, 0.3) is 0 Å². The minimum atomic E-state index is -3.40. The van der Waals surface area contributed by atoms with Gasteiger partial charge >= 0.3 is 0 Å². The highest BCUT2D eigenvalue weighted by molar-refractivity contribution is 7.91. The van der Waals surface area contributed by atoms with Crippen LogP contribution in [-0.2, 0) is 9.84 Å². The van der Waals surface area contributed by atoms with Crippen LogP contribution in [0.2, 0.25) is 0 Å². The Balaban J connectivity index is 2.47. The van der Waals surface area contributed by atoms with E-state index in [1.807, 2.05) is 50.2 Å². The number of quaternary nitrogens is 1. The molecule has 2 rings (SSSR count). The third kappa shape index (κ3) is 2.92. The molecule has 0 aliphatic carbocycles. The highest BCUT2D eigenvalue weighted by Crippen LogP contribution is 2.28. The first-order chi connectivity index (χ1) is 9.45. The van der Waals surface area contributed by atoms with Crippen LogP contribution in [0, 0.1) is 13.8 Å². The average Bonchev–Trinajstić information content (AvgIpc) is 2.40. The summed E-state index contributed by atoms with van der Waals surface area (Å²) in [6.07, 6.45) is 0. The van der Waals surface area contributed by atoms with Gasteiger partial charge in [-0.25, -0.2) is 8.42 Å². The molecule has 0 unspecified atom stereocenters. The predicted molar refractivity (Wildman–Crippen MR) is 80.0 cm³/mol. The molecule has 0 aromatic heterocycles. The van der Waals surface area contributed by atoms with Crippen LogP contribution in [0.15, 0.2) is 53.4 Å². The smallest absolute Gasteiger partial charge is 0.190 e. The van der Waals surface area contributed by atoms with Gasteiger partial charge < -0.3 is 5.73 Å². The van der Waals surface area contributed by atoms with E-state index in [4.69, 9.17) is 0 Å². The van der Waals surface area contributed by atoms with Gasteiger partial charge in [0.1, 0.15) is 5.25 Å². The SMILES string of the molecule is Cc1ccc(S(=O)(=O)[C@@H](C[NH3+])c2cccc(C)c2)cc1. The molecule has 0 radical (unpaired) electrons. The van der Waals surface area contributed by atoms with Crippen LogP contribution in [0.3, 0.4) is 0 Å². The molecule has 0 amide bonds. The Hall–Kier alpha value is -1.65. The Morgan fingerprint density at radius 1 is 1.00 bits per heavy atom. The number of benzene rings is 2. The van der Waals surface area contributed by atoms with Crippen LogP contribution in [0.5, 0.6) is 0 Å². The van der Waals surface area contributed by atoms with Gasteiger partial charge in [0.2, 0.25) is 0 Å². The van der Waals surface area contributed by atoms with E-state index in [0.29, 0.717) is 11.4 Å². The molecule has 0 aliphatic rings. The van der Waals surface area contributed by atoms with Crippen molar-refractivity contribution in [2.45, 2.75) is 24.0 Å². The normalized spacial score (nSPS) is 13.2. The minimum absolute atomic E-state index is 0.319. The van der Waals surface area contributed by atoms with E-state index in [2.05, 4.69) is 5.73 Å². The van der Waals surface area contributed by atoms with Crippen molar-refractivity contribution in [2.24, 2.45) is 0 Å². The summed E-state index contributed by atoms with van der Waals surface area (Å²) in [5, 5.41) is -0.592. The molecule has 0 fully saturated rings. The fraction of sp³-hybridized carbons (Fsp3) is 0.250. The van der Waals surface area contributed by atoms with Crippen molar-refractivity contribution in [3.05, 3.63) is 65.2 Å². The third-order valence-corrected chi connectivity index (χ3v) is 5.59. The lowest BCUT2D eigenvalue weighted by molar-refractivity contribution is -0.367. The topological polar surface area (TPSA) is 61.8 Å². The molecular formula is C16H20NO2S+. The van der Waals surface area contributed by atoms with Crippen LogP contribution in [0.25, 0.3) is 0 Å². The summed E-state index contributed by atoms with van der Waals surface area (Å²) in [6, 6.07) is 14.6. The molecule has 1 atom stereocenters. The summed E-state index contributed by atoms with van der Waals surface area (Å²) in [4.78, 5) is 0.359. The molecule has 3 N–H and O–H groups in total. The first-order valence-electron chi connectivity index (χ1n) is 6.61. The molecule has 0 saturated carbocycles. The van der Waals surface area contributed by atoms with Crippen molar-refractivity contribution in [3.8, 4) is 0 Å². The van der Waals surface area contributed by atoms with Crippen LogP contribution in [0.4, 0.5) is 0 Å². The zero-order valence-electron chi connectivity index (χ0n) is 11.8. The van der Waals surface area contributed by atoms with Gasteiger partial charge in [0.15, 0.2) is 9.84 Å². The van der Waals surface area contributed by atoms with Gasteiger partial charge in [-0.05, 0) is 31.5 Å². The zero-order valence-corrected chi connectivity index (χ0v) is 12.7. The van der Waals surface area contributed by atoms with Crippen molar-refractivity contribution in [1.82, 2.24) is 0 Å². The van der Waals surface area contributed by atoms with Gasteiger partial charge in [-0.2, -0.15) is 0 Å². The Kier molecular flexibility index (Phi) is 4.26. The second kappa shape index (κ2) is 5.77. The molecule has 0 heterocycles. The van der Waals surface area contributed by atoms with E-state index >= 15 is 0 Å². The fourth-order valence-electron chi connectivity index (χ4n) is 2.26. The maximum absolute atomic E-state index is 12.7. The van der Waals surface area contributed by atoms with Crippen molar-refractivity contribution < 1.29 is 14.2 Å². The molecule has 0 spiro atoms. The Morgan fingerprint density at radius 3 is 2.20 bits per heavy atom. The summed E-state index contributed by atoms with van der Waals surface area (Å²) < 4.78 is 25.5. The second-order valence-corrected chi connectivity index (χ2v) is 7.18. The molecule has 0 aliphatic heterocycles. The maximum Gasteiger partial charge on any atom is 0.190 e. The molecule has 4 heteroatoms. The van der Waals surface area contributed by atoms with Gasteiger partial charge in [0, 0.05) is 0 Å². The van der Waals surface area contributed by atoms with Gasteiger partial charge in [-0.15, -0.1) is 0 Å². The Labute approximate surface area is 120 Å². The highest BCUT2D eigenvalue weighted by Gasteiger charge is 2.29. The summed E-state index contributed by atoms with van der Waals surface area (Å²) in [7, 11) is -3.40. The summed E-state index contributed by atoms with van der Waals surface area (Å²) in [6.45, 7) is 4.22. The lowest BCUT2D eigenvalue weighted by atomic mass is 10.1. The first kappa shape index (κ1) is 14.8. The van der Waals surface area contributed by atoms with E-state index in [0.717, 1.165) is 16.7 Å². The van der Waals surface area contributed by atoms with Crippen LogP contribution >= 0.6 is 0 Å². The van der Waals surface area contributed by atoms with Crippen molar-refractivity contribution in [3.63, 3.8) is 0 Å². The largest absolute Gasteiger partial charge is 0.356 e. The molecule has 20 heavy (non-hydrogen) atoms. The molecule has 0 bridgehead atoms. The van der Waals surface area contributed by atoms with Crippen LogP contribution < -0.4 is 5.73 Å². The van der Waals surface area contributed by atoms with Gasteiger partial charge in [-0.3, -0.25) is 0 Å². The Bertz CT molecular complexity index is 691. The van der Waals surface area contributed by atoms with Gasteiger partial charge in [0.05, 0.1) is 11.4 Å². The fourth-order valence-corrected chi connectivity index (χ4v) is 3.92. The summed E-state index contributed by atoms with van der Waals surface area (Å²) >= 11 is 0. The third-order valence-electron chi connectivity index (χ3n) is 3.40. The molecule has 2 aromatic rings. The number of hydrogen-bond donors (Lipinski definition) is 1. The zero-order chi connectivity index (χ0) is 14.8. The quantitative estimate of drug-likeness (QED) is 0.937. The molecule has 2 aromatic carbocycles. The van der Waals surface area contributed by atoms with Crippen molar-refractivity contribution in [1.29, 1.82) is 0 Å². The van der Waals surface area contributed by atoms with E-state index in [-0.39, 0.29) is 0 Å². The lowest BCUT2D eigenvalue weighted by Gasteiger charge is -2.15.